The van der Waals surface area contributed by atoms with Gasteiger partial charge in [0.15, 0.2) is 0 Å². The summed E-state index contributed by atoms with van der Waals surface area (Å²) in [4.78, 5) is 4.33. The van der Waals surface area contributed by atoms with E-state index in [9.17, 15) is 0 Å². The summed E-state index contributed by atoms with van der Waals surface area (Å²) < 4.78 is 12.2. The first kappa shape index (κ1) is 18.0. The van der Waals surface area contributed by atoms with Gasteiger partial charge in [-0.25, -0.2) is 4.99 Å². The maximum atomic E-state index is 6.12. The topological polar surface area (TPSA) is 56.8 Å². The minimum Gasteiger partial charge on any atom is -0.399 e. The van der Waals surface area contributed by atoms with Gasteiger partial charge >= 0.3 is 7.12 Å². The van der Waals surface area contributed by atoms with Crippen molar-refractivity contribution in [2.24, 2.45) is 10.7 Å². The molecule has 0 atom stereocenters. The number of rotatable bonds is 6. The van der Waals surface area contributed by atoms with Crippen LogP contribution in [0.25, 0.3) is 0 Å². The summed E-state index contributed by atoms with van der Waals surface area (Å²) >= 11 is 0. The third kappa shape index (κ3) is 3.96. The molecule has 1 aliphatic rings. The van der Waals surface area contributed by atoms with Crippen LogP contribution in [-0.2, 0) is 15.7 Å². The maximum Gasteiger partial charge on any atom is 0.494 e. The lowest BCUT2D eigenvalue weighted by Crippen LogP contribution is -2.41. The van der Waals surface area contributed by atoms with Crippen molar-refractivity contribution in [1.29, 1.82) is 0 Å². The molecule has 1 saturated heterocycles. The largest absolute Gasteiger partial charge is 0.494 e. The van der Waals surface area contributed by atoms with Crippen molar-refractivity contribution in [1.82, 2.24) is 0 Å². The van der Waals surface area contributed by atoms with Gasteiger partial charge in [0.1, 0.15) is 0 Å². The summed E-state index contributed by atoms with van der Waals surface area (Å²) in [7, 11) is -0.364. The Labute approximate surface area is 140 Å². The van der Waals surface area contributed by atoms with Gasteiger partial charge in [-0.3, -0.25) is 0 Å². The van der Waals surface area contributed by atoms with Crippen LogP contribution >= 0.6 is 0 Å². The summed E-state index contributed by atoms with van der Waals surface area (Å²) in [5, 5.41) is 0. The zero-order valence-corrected chi connectivity index (χ0v) is 15.1. The molecule has 0 aromatic heterocycles. The minimum absolute atomic E-state index is 0.339. The molecule has 126 valence electrons. The van der Waals surface area contributed by atoms with Gasteiger partial charge in [0.05, 0.1) is 23.2 Å². The molecule has 1 heterocycles. The van der Waals surface area contributed by atoms with Gasteiger partial charge < -0.3 is 15.0 Å². The van der Waals surface area contributed by atoms with Crippen molar-refractivity contribution in [2.75, 3.05) is 0 Å². The maximum absolute atomic E-state index is 6.12. The van der Waals surface area contributed by atoms with Crippen LogP contribution in [0.3, 0.4) is 0 Å². The molecule has 1 aromatic carbocycles. The molecule has 0 amide bonds. The van der Waals surface area contributed by atoms with Crippen LogP contribution in [-0.4, -0.2) is 24.7 Å². The molecule has 1 aliphatic heterocycles. The third-order valence-electron chi connectivity index (χ3n) is 4.90. The van der Waals surface area contributed by atoms with Gasteiger partial charge in [-0.05, 0) is 57.6 Å². The highest BCUT2D eigenvalue weighted by Crippen LogP contribution is 2.36. The van der Waals surface area contributed by atoms with E-state index in [2.05, 4.69) is 51.7 Å². The predicted octanol–water partition coefficient (Wildman–Crippen LogP) is 3.34. The average Bonchev–Trinajstić information content (AvgIpc) is 2.69. The van der Waals surface area contributed by atoms with Crippen LogP contribution in [0.15, 0.2) is 23.2 Å². The fourth-order valence-electron chi connectivity index (χ4n) is 2.68. The van der Waals surface area contributed by atoms with Crippen molar-refractivity contribution in [3.05, 3.63) is 23.8 Å². The van der Waals surface area contributed by atoms with Crippen molar-refractivity contribution in [3.8, 4) is 0 Å². The van der Waals surface area contributed by atoms with E-state index < -0.39 is 0 Å². The van der Waals surface area contributed by atoms with E-state index in [0.717, 1.165) is 17.6 Å². The lowest BCUT2D eigenvalue weighted by Gasteiger charge is -2.32. The van der Waals surface area contributed by atoms with Crippen LogP contribution in [0.1, 0.15) is 59.4 Å². The van der Waals surface area contributed by atoms with E-state index >= 15 is 0 Å². The zero-order valence-electron chi connectivity index (χ0n) is 15.1. The Morgan fingerprint density at radius 2 is 1.78 bits per heavy atom. The first-order valence-electron chi connectivity index (χ1n) is 8.53. The Kier molecular flexibility index (Phi) is 5.53. The second kappa shape index (κ2) is 7.06. The van der Waals surface area contributed by atoms with Crippen LogP contribution < -0.4 is 11.2 Å². The lowest BCUT2D eigenvalue weighted by molar-refractivity contribution is 0.00578. The van der Waals surface area contributed by atoms with Crippen molar-refractivity contribution in [2.45, 2.75) is 71.5 Å². The number of hydrogen-bond acceptors (Lipinski definition) is 3. The monoisotopic (exact) mass is 316 g/mol. The highest BCUT2D eigenvalue weighted by molar-refractivity contribution is 6.62. The minimum atomic E-state index is -0.364. The van der Waals surface area contributed by atoms with E-state index in [4.69, 9.17) is 15.0 Å². The summed E-state index contributed by atoms with van der Waals surface area (Å²) in [6.45, 7) is 10.5. The van der Waals surface area contributed by atoms with Crippen LogP contribution in [0, 0.1) is 0 Å². The van der Waals surface area contributed by atoms with Crippen molar-refractivity contribution in [3.63, 3.8) is 0 Å². The van der Waals surface area contributed by atoms with Crippen molar-refractivity contribution < 1.29 is 9.31 Å². The number of hydrogen-bond donors (Lipinski definition) is 1. The van der Waals surface area contributed by atoms with Gasteiger partial charge in [-0.15, -0.1) is 0 Å². The highest BCUT2D eigenvalue weighted by atomic mass is 16.7. The van der Waals surface area contributed by atoms with Gasteiger partial charge in [0.25, 0.3) is 0 Å². The standard InChI is InChI=1S/C18H29BN2O2/c1-6-7-8-9-14-10-11-15(12-16(14)21-13-20)19-22-17(2,3)18(4,5)23-19/h10-13H,6-9H2,1-5H3,(H2,20,21). The normalized spacial score (nSPS) is 19.6. The first-order valence-corrected chi connectivity index (χ1v) is 8.53. The van der Waals surface area contributed by atoms with E-state index in [1.54, 1.807) is 0 Å². The number of nitrogens with zero attached hydrogens (tertiary/aromatic N) is 1. The summed E-state index contributed by atoms with van der Waals surface area (Å²) in [5.74, 6) is 0. The smallest absolute Gasteiger partial charge is 0.399 e. The summed E-state index contributed by atoms with van der Waals surface area (Å²) in [5.41, 5.74) is 7.97. The first-order chi connectivity index (χ1) is 10.8. The Morgan fingerprint density at radius 1 is 1.13 bits per heavy atom. The molecule has 0 saturated carbocycles. The fourth-order valence-corrected chi connectivity index (χ4v) is 2.68. The van der Waals surface area contributed by atoms with Gasteiger partial charge in [0.2, 0.25) is 0 Å². The SMILES string of the molecule is CCCCCc1ccc(B2OC(C)(C)C(C)(C)O2)cc1N=CN. The Bertz CT molecular complexity index is 554. The lowest BCUT2D eigenvalue weighted by atomic mass is 9.78. The molecule has 23 heavy (non-hydrogen) atoms. The number of nitrogens with two attached hydrogens (primary N) is 1. The Hall–Kier alpha value is -1.33. The summed E-state index contributed by atoms with van der Waals surface area (Å²) in [6.07, 6.45) is 5.97. The average molecular weight is 316 g/mol. The van der Waals surface area contributed by atoms with Crippen LogP contribution in [0.2, 0.25) is 0 Å². The number of unbranched alkanes of at least 4 members (excludes halogenated alkanes) is 2. The summed E-state index contributed by atoms with van der Waals surface area (Å²) in [6, 6.07) is 6.24. The molecule has 0 bridgehead atoms. The molecule has 5 heteroatoms. The molecule has 1 fully saturated rings. The second-order valence-corrected chi connectivity index (χ2v) is 7.21. The quantitative estimate of drug-likeness (QED) is 0.379. The number of aryl methyl sites for hydroxylation is 1. The Balaban J connectivity index is 2.23. The molecule has 2 N–H and O–H groups in total. The zero-order chi connectivity index (χ0) is 17.1. The molecular formula is C18H29BN2O2. The van der Waals surface area contributed by atoms with E-state index in [-0.39, 0.29) is 18.3 Å². The molecule has 0 spiro atoms. The number of benzene rings is 1. The molecule has 0 unspecified atom stereocenters. The van der Waals surface area contributed by atoms with Gasteiger partial charge in [0, 0.05) is 0 Å². The van der Waals surface area contributed by atoms with Crippen LogP contribution in [0.4, 0.5) is 5.69 Å². The van der Waals surface area contributed by atoms with Gasteiger partial charge in [-0.1, -0.05) is 31.9 Å². The highest BCUT2D eigenvalue weighted by Gasteiger charge is 2.51. The number of aliphatic imine (C=N–C) groups is 1. The fraction of sp³-hybridized carbons (Fsp3) is 0.611. The van der Waals surface area contributed by atoms with E-state index in [1.807, 2.05) is 6.07 Å². The van der Waals surface area contributed by atoms with Gasteiger partial charge in [-0.2, -0.15) is 0 Å². The van der Waals surface area contributed by atoms with Crippen molar-refractivity contribution >= 4 is 24.6 Å². The molecule has 0 aliphatic carbocycles. The molecule has 0 radical (unpaired) electrons. The third-order valence-corrected chi connectivity index (χ3v) is 4.90. The molecular weight excluding hydrogens is 287 g/mol. The molecule has 4 nitrogen and oxygen atoms in total. The molecule has 1 aromatic rings. The molecule has 2 rings (SSSR count). The predicted molar refractivity (Wildman–Crippen MR) is 97.7 cm³/mol. The van der Waals surface area contributed by atoms with E-state index in [0.29, 0.717) is 0 Å². The van der Waals surface area contributed by atoms with E-state index in [1.165, 1.54) is 31.2 Å². The Morgan fingerprint density at radius 3 is 2.35 bits per heavy atom. The second-order valence-electron chi connectivity index (χ2n) is 7.21. The van der Waals surface area contributed by atoms with Crippen LogP contribution in [0.5, 0.6) is 0 Å².